The lowest BCUT2D eigenvalue weighted by Gasteiger charge is -2.22. The number of nitrogens with one attached hydrogen (secondary N) is 2. The summed E-state index contributed by atoms with van der Waals surface area (Å²) >= 11 is 0. The largest absolute Gasteiger partial charge is 0.478 e. The van der Waals surface area contributed by atoms with Crippen molar-refractivity contribution in [2.75, 3.05) is 18.4 Å². The number of hydrogen-bond donors (Lipinski definition) is 3. The van der Waals surface area contributed by atoms with E-state index in [4.69, 9.17) is 5.11 Å². The molecule has 1 fully saturated rings. The molecule has 1 aromatic rings. The number of piperidine rings is 1. The molecule has 21 heavy (non-hydrogen) atoms. The Balaban J connectivity index is 1.90. The molecule has 0 radical (unpaired) electrons. The third-order valence-corrected chi connectivity index (χ3v) is 3.46. The first-order chi connectivity index (χ1) is 10.1. The van der Waals surface area contributed by atoms with E-state index in [1.807, 2.05) is 0 Å². The molecule has 3 N–H and O–H groups in total. The highest BCUT2D eigenvalue weighted by molar-refractivity contribution is 5.91. The van der Waals surface area contributed by atoms with Crippen LogP contribution in [-0.4, -0.2) is 30.1 Å². The molecule has 1 aliphatic heterocycles. The van der Waals surface area contributed by atoms with Crippen molar-refractivity contribution in [3.05, 3.63) is 35.9 Å². The molecule has 0 spiro atoms. The van der Waals surface area contributed by atoms with Crippen LogP contribution in [0, 0.1) is 5.92 Å². The summed E-state index contributed by atoms with van der Waals surface area (Å²) in [4.78, 5) is 22.5. The van der Waals surface area contributed by atoms with Gasteiger partial charge in [0.2, 0.25) is 5.91 Å². The second-order valence-corrected chi connectivity index (χ2v) is 5.26. The molecule has 1 atom stereocenters. The van der Waals surface area contributed by atoms with Gasteiger partial charge in [-0.15, -0.1) is 0 Å². The van der Waals surface area contributed by atoms with Gasteiger partial charge in [-0.2, -0.15) is 0 Å². The third kappa shape index (κ3) is 5.39. The SMILES string of the molecule is O=C(O)/C=C/c1cccc(NC(=O)CC2CCCNC2)c1. The van der Waals surface area contributed by atoms with Crippen LogP contribution < -0.4 is 10.6 Å². The lowest BCUT2D eigenvalue weighted by molar-refractivity contribution is -0.131. The number of amides is 1. The van der Waals surface area contributed by atoms with Gasteiger partial charge in [-0.05, 0) is 55.6 Å². The highest BCUT2D eigenvalue weighted by atomic mass is 16.4. The molecule has 0 aliphatic carbocycles. The Bertz CT molecular complexity index is 534. The first kappa shape index (κ1) is 15.3. The maximum Gasteiger partial charge on any atom is 0.328 e. The highest BCUT2D eigenvalue weighted by Crippen LogP contribution is 2.17. The van der Waals surface area contributed by atoms with Crippen LogP contribution in [0.3, 0.4) is 0 Å². The molecular weight excluding hydrogens is 268 g/mol. The summed E-state index contributed by atoms with van der Waals surface area (Å²) in [6.45, 7) is 1.94. The highest BCUT2D eigenvalue weighted by Gasteiger charge is 2.16. The van der Waals surface area contributed by atoms with Crippen LogP contribution >= 0.6 is 0 Å². The molecule has 0 saturated carbocycles. The van der Waals surface area contributed by atoms with Gasteiger partial charge in [-0.25, -0.2) is 4.79 Å². The first-order valence-corrected chi connectivity index (χ1v) is 7.15. The summed E-state index contributed by atoms with van der Waals surface area (Å²) in [5, 5.41) is 14.8. The van der Waals surface area contributed by atoms with Crippen molar-refractivity contribution in [2.24, 2.45) is 5.92 Å². The Labute approximate surface area is 124 Å². The molecule has 2 rings (SSSR count). The summed E-state index contributed by atoms with van der Waals surface area (Å²) in [7, 11) is 0. The van der Waals surface area contributed by atoms with Gasteiger partial charge in [-0.1, -0.05) is 12.1 Å². The summed E-state index contributed by atoms with van der Waals surface area (Å²) in [5.74, 6) is -0.592. The predicted molar refractivity (Wildman–Crippen MR) is 82.0 cm³/mol. The maximum absolute atomic E-state index is 12.0. The van der Waals surface area contributed by atoms with Crippen molar-refractivity contribution in [1.29, 1.82) is 0 Å². The van der Waals surface area contributed by atoms with E-state index < -0.39 is 5.97 Å². The van der Waals surface area contributed by atoms with Gasteiger partial charge in [-0.3, -0.25) is 4.79 Å². The topological polar surface area (TPSA) is 78.4 Å². The zero-order valence-corrected chi connectivity index (χ0v) is 11.8. The zero-order chi connectivity index (χ0) is 15.1. The Morgan fingerprint density at radius 1 is 1.43 bits per heavy atom. The van der Waals surface area contributed by atoms with Crippen LogP contribution in [0.15, 0.2) is 30.3 Å². The van der Waals surface area contributed by atoms with E-state index in [-0.39, 0.29) is 5.91 Å². The lowest BCUT2D eigenvalue weighted by Crippen LogP contribution is -2.32. The molecule has 1 aromatic carbocycles. The smallest absolute Gasteiger partial charge is 0.328 e. The predicted octanol–water partition coefficient (Wildman–Crippen LogP) is 2.11. The first-order valence-electron chi connectivity index (χ1n) is 7.15. The molecule has 1 heterocycles. The van der Waals surface area contributed by atoms with Crippen molar-refractivity contribution >= 4 is 23.6 Å². The molecule has 1 aliphatic rings. The number of rotatable bonds is 5. The normalized spacial score (nSPS) is 18.6. The summed E-state index contributed by atoms with van der Waals surface area (Å²) < 4.78 is 0. The van der Waals surface area contributed by atoms with E-state index in [0.717, 1.165) is 37.6 Å². The van der Waals surface area contributed by atoms with Crippen LogP contribution in [0.25, 0.3) is 6.08 Å². The number of aliphatic carboxylic acids is 1. The van der Waals surface area contributed by atoms with E-state index >= 15 is 0 Å². The lowest BCUT2D eigenvalue weighted by atomic mass is 9.96. The van der Waals surface area contributed by atoms with Crippen LogP contribution in [0.4, 0.5) is 5.69 Å². The van der Waals surface area contributed by atoms with Crippen LogP contribution in [0.5, 0.6) is 0 Å². The van der Waals surface area contributed by atoms with Gasteiger partial charge in [0, 0.05) is 18.2 Å². The van der Waals surface area contributed by atoms with Gasteiger partial charge >= 0.3 is 5.97 Å². The number of carboxylic acid groups (broad SMARTS) is 1. The third-order valence-electron chi connectivity index (χ3n) is 3.46. The molecule has 5 heteroatoms. The number of benzene rings is 1. The zero-order valence-electron chi connectivity index (χ0n) is 11.8. The van der Waals surface area contributed by atoms with Gasteiger partial charge in [0.1, 0.15) is 0 Å². The minimum atomic E-state index is -0.991. The van der Waals surface area contributed by atoms with E-state index in [1.54, 1.807) is 24.3 Å². The molecule has 0 bridgehead atoms. The van der Waals surface area contributed by atoms with E-state index in [2.05, 4.69) is 10.6 Å². The fraction of sp³-hybridized carbons (Fsp3) is 0.375. The second kappa shape index (κ2) is 7.59. The molecule has 112 valence electrons. The molecular formula is C16H20N2O3. The van der Waals surface area contributed by atoms with Gasteiger partial charge in [0.25, 0.3) is 0 Å². The number of carbonyl (C=O) groups excluding carboxylic acids is 1. The standard InChI is InChI=1S/C16H20N2O3/c19-15(10-13-4-2-8-17-11-13)18-14-5-1-3-12(9-14)6-7-16(20)21/h1,3,5-7,9,13,17H,2,4,8,10-11H2,(H,18,19)(H,20,21)/b7-6+. The number of carbonyl (C=O) groups is 2. The van der Waals surface area contributed by atoms with E-state index in [9.17, 15) is 9.59 Å². The van der Waals surface area contributed by atoms with Crippen LogP contribution in [-0.2, 0) is 9.59 Å². The monoisotopic (exact) mass is 288 g/mol. The fourth-order valence-electron chi connectivity index (χ4n) is 2.46. The van der Waals surface area contributed by atoms with Crippen molar-refractivity contribution in [3.63, 3.8) is 0 Å². The minimum Gasteiger partial charge on any atom is -0.478 e. The van der Waals surface area contributed by atoms with Gasteiger partial charge in [0.15, 0.2) is 0 Å². The number of carboxylic acids is 1. The van der Waals surface area contributed by atoms with Gasteiger partial charge in [0.05, 0.1) is 0 Å². The maximum atomic E-state index is 12.0. The minimum absolute atomic E-state index is 0.00284. The van der Waals surface area contributed by atoms with Gasteiger partial charge < -0.3 is 15.7 Å². The summed E-state index contributed by atoms with van der Waals surface area (Å²) in [5.41, 5.74) is 1.44. The summed E-state index contributed by atoms with van der Waals surface area (Å²) in [6, 6.07) is 7.14. The molecule has 1 saturated heterocycles. The second-order valence-electron chi connectivity index (χ2n) is 5.26. The summed E-state index contributed by atoms with van der Waals surface area (Å²) in [6.07, 6.45) is 5.30. The van der Waals surface area contributed by atoms with Crippen molar-refractivity contribution in [3.8, 4) is 0 Å². The van der Waals surface area contributed by atoms with Crippen LogP contribution in [0.2, 0.25) is 0 Å². The van der Waals surface area contributed by atoms with E-state index in [0.29, 0.717) is 18.0 Å². The quantitative estimate of drug-likeness (QED) is 0.725. The molecule has 5 nitrogen and oxygen atoms in total. The Hall–Kier alpha value is -2.14. The van der Waals surface area contributed by atoms with Crippen LogP contribution in [0.1, 0.15) is 24.8 Å². The number of hydrogen-bond acceptors (Lipinski definition) is 3. The molecule has 1 unspecified atom stereocenters. The van der Waals surface area contributed by atoms with Crippen molar-refractivity contribution in [2.45, 2.75) is 19.3 Å². The number of anilines is 1. The van der Waals surface area contributed by atoms with Crippen molar-refractivity contribution < 1.29 is 14.7 Å². The average Bonchev–Trinajstić information content (AvgIpc) is 2.46. The Morgan fingerprint density at radius 2 is 2.29 bits per heavy atom. The molecule has 1 amide bonds. The van der Waals surface area contributed by atoms with E-state index in [1.165, 1.54) is 6.08 Å². The fourth-order valence-corrected chi connectivity index (χ4v) is 2.46. The Morgan fingerprint density at radius 3 is 3.00 bits per heavy atom. The average molecular weight is 288 g/mol. The Kier molecular flexibility index (Phi) is 5.51. The molecule has 0 aromatic heterocycles. The van der Waals surface area contributed by atoms with Crippen molar-refractivity contribution in [1.82, 2.24) is 5.32 Å².